The number of fused-ring (bicyclic) bond motifs is 1. The molecule has 108 valence electrons. The van der Waals surface area contributed by atoms with Crippen molar-refractivity contribution in [2.24, 2.45) is 0 Å². The molecule has 21 heavy (non-hydrogen) atoms. The van der Waals surface area contributed by atoms with Crippen LogP contribution in [0.3, 0.4) is 0 Å². The molecule has 0 saturated heterocycles. The smallest absolute Gasteiger partial charge is 0.243 e. The first-order valence-corrected chi connectivity index (χ1v) is 6.29. The van der Waals surface area contributed by atoms with E-state index in [1.54, 1.807) is 20.5 Å². The van der Waals surface area contributed by atoms with Crippen LogP contribution in [0.4, 0.5) is 0 Å². The van der Waals surface area contributed by atoms with Gasteiger partial charge in [-0.25, -0.2) is 9.97 Å². The lowest BCUT2D eigenvalue weighted by molar-refractivity contribution is 0.287. The Labute approximate surface area is 120 Å². The van der Waals surface area contributed by atoms with Crippen molar-refractivity contribution < 1.29 is 14.2 Å². The normalized spacial score (nSPS) is 10.6. The number of benzene rings is 1. The summed E-state index contributed by atoms with van der Waals surface area (Å²) < 4.78 is 16.3. The van der Waals surface area contributed by atoms with Crippen molar-refractivity contribution in [1.29, 1.82) is 0 Å². The maximum absolute atomic E-state index is 5.75. The molecule has 1 aromatic carbocycles. The maximum atomic E-state index is 5.75. The third kappa shape index (κ3) is 2.58. The molecular formula is C14H14N4O3. The van der Waals surface area contributed by atoms with Crippen LogP contribution >= 0.6 is 0 Å². The van der Waals surface area contributed by atoms with Crippen LogP contribution in [-0.4, -0.2) is 34.2 Å². The van der Waals surface area contributed by atoms with Crippen LogP contribution in [0.2, 0.25) is 0 Å². The summed E-state index contributed by atoms with van der Waals surface area (Å²) in [5, 5.41) is 0. The number of rotatable bonds is 5. The van der Waals surface area contributed by atoms with Crippen molar-refractivity contribution in [3.63, 3.8) is 0 Å². The van der Waals surface area contributed by atoms with E-state index in [1.807, 2.05) is 18.2 Å². The fraction of sp³-hybridized carbons (Fsp3) is 0.214. The molecule has 0 spiro atoms. The number of nitrogens with zero attached hydrogens (tertiary/aromatic N) is 3. The largest absolute Gasteiger partial charge is 0.497 e. The Balaban J connectivity index is 1.86. The van der Waals surface area contributed by atoms with Gasteiger partial charge in [-0.15, -0.1) is 0 Å². The molecule has 7 heteroatoms. The first kappa shape index (κ1) is 13.2. The molecule has 7 nitrogen and oxygen atoms in total. The van der Waals surface area contributed by atoms with Crippen molar-refractivity contribution in [2.45, 2.75) is 6.61 Å². The van der Waals surface area contributed by atoms with E-state index in [4.69, 9.17) is 14.2 Å². The zero-order valence-electron chi connectivity index (χ0n) is 11.7. The van der Waals surface area contributed by atoms with Crippen molar-refractivity contribution in [2.75, 3.05) is 14.2 Å². The van der Waals surface area contributed by atoms with E-state index < -0.39 is 0 Å². The summed E-state index contributed by atoms with van der Waals surface area (Å²) in [7, 11) is 3.23. The number of aromatic amines is 1. The van der Waals surface area contributed by atoms with E-state index in [-0.39, 0.29) is 0 Å². The second-order valence-corrected chi connectivity index (χ2v) is 4.25. The summed E-state index contributed by atoms with van der Waals surface area (Å²) in [6.07, 6.45) is 2.97. The molecule has 0 unspecified atom stereocenters. The number of hydrogen-bond donors (Lipinski definition) is 1. The topological polar surface area (TPSA) is 82.2 Å². The van der Waals surface area contributed by atoms with Crippen molar-refractivity contribution >= 4 is 11.2 Å². The summed E-state index contributed by atoms with van der Waals surface area (Å²) in [6, 6.07) is 5.54. The van der Waals surface area contributed by atoms with E-state index in [2.05, 4.69) is 19.9 Å². The molecule has 0 aliphatic rings. The molecule has 3 rings (SSSR count). The summed E-state index contributed by atoms with van der Waals surface area (Å²) in [4.78, 5) is 15.2. The van der Waals surface area contributed by atoms with E-state index in [9.17, 15) is 0 Å². The quantitative estimate of drug-likeness (QED) is 0.772. The molecule has 2 aromatic heterocycles. The van der Waals surface area contributed by atoms with Gasteiger partial charge in [0.25, 0.3) is 0 Å². The Hall–Kier alpha value is -2.83. The van der Waals surface area contributed by atoms with E-state index in [1.165, 1.54) is 6.33 Å². The molecule has 0 aliphatic carbocycles. The van der Waals surface area contributed by atoms with Crippen LogP contribution in [0.25, 0.3) is 11.2 Å². The second kappa shape index (κ2) is 5.66. The van der Waals surface area contributed by atoms with Crippen LogP contribution in [0.1, 0.15) is 5.56 Å². The van der Waals surface area contributed by atoms with Gasteiger partial charge in [0.1, 0.15) is 29.9 Å². The van der Waals surface area contributed by atoms with Gasteiger partial charge in [-0.05, 0) is 18.2 Å². The molecule has 0 saturated carbocycles. The highest BCUT2D eigenvalue weighted by Gasteiger charge is 2.10. The summed E-state index contributed by atoms with van der Waals surface area (Å²) in [5.74, 6) is 1.91. The fourth-order valence-electron chi connectivity index (χ4n) is 1.99. The molecule has 0 radical (unpaired) electrons. The molecule has 0 bridgehead atoms. The first-order chi connectivity index (χ1) is 10.3. The lowest BCUT2D eigenvalue weighted by Gasteiger charge is -2.11. The van der Waals surface area contributed by atoms with Crippen LogP contribution in [0.15, 0.2) is 30.9 Å². The van der Waals surface area contributed by atoms with Gasteiger partial charge in [0.05, 0.1) is 20.5 Å². The Bertz CT molecular complexity index is 757. The number of imidazole rings is 1. The second-order valence-electron chi connectivity index (χ2n) is 4.25. The van der Waals surface area contributed by atoms with Gasteiger partial charge in [0.15, 0.2) is 5.65 Å². The molecule has 0 atom stereocenters. The van der Waals surface area contributed by atoms with Gasteiger partial charge in [-0.1, -0.05) is 0 Å². The van der Waals surface area contributed by atoms with Gasteiger partial charge < -0.3 is 19.2 Å². The van der Waals surface area contributed by atoms with Gasteiger partial charge in [-0.2, -0.15) is 4.98 Å². The lowest BCUT2D eigenvalue weighted by atomic mass is 10.2. The van der Waals surface area contributed by atoms with Gasteiger partial charge in [0, 0.05) is 5.56 Å². The minimum atomic E-state index is 0.297. The zero-order valence-corrected chi connectivity index (χ0v) is 11.7. The van der Waals surface area contributed by atoms with Crippen LogP contribution in [0, 0.1) is 0 Å². The fourth-order valence-corrected chi connectivity index (χ4v) is 1.99. The van der Waals surface area contributed by atoms with Crippen LogP contribution < -0.4 is 14.2 Å². The third-order valence-electron chi connectivity index (χ3n) is 3.04. The molecule has 0 fully saturated rings. The summed E-state index contributed by atoms with van der Waals surface area (Å²) >= 11 is 0. The molecule has 3 aromatic rings. The van der Waals surface area contributed by atoms with Gasteiger partial charge >= 0.3 is 0 Å². The predicted octanol–water partition coefficient (Wildman–Crippen LogP) is 1.95. The first-order valence-electron chi connectivity index (χ1n) is 6.29. The van der Waals surface area contributed by atoms with E-state index in [0.717, 1.165) is 17.1 Å². The van der Waals surface area contributed by atoms with Crippen molar-refractivity contribution in [3.05, 3.63) is 36.4 Å². The maximum Gasteiger partial charge on any atom is 0.243 e. The Morgan fingerprint density at radius 1 is 1.10 bits per heavy atom. The highest BCUT2D eigenvalue weighted by atomic mass is 16.5. The van der Waals surface area contributed by atoms with Crippen LogP contribution in [-0.2, 0) is 6.61 Å². The minimum Gasteiger partial charge on any atom is -0.497 e. The van der Waals surface area contributed by atoms with Gasteiger partial charge in [0.2, 0.25) is 5.88 Å². The summed E-state index contributed by atoms with van der Waals surface area (Å²) in [6.45, 7) is 0.297. The lowest BCUT2D eigenvalue weighted by Crippen LogP contribution is -2.01. The molecule has 0 aliphatic heterocycles. The number of nitrogens with one attached hydrogen (secondary N) is 1. The molecule has 0 amide bonds. The Morgan fingerprint density at radius 2 is 2.00 bits per heavy atom. The number of hydrogen-bond acceptors (Lipinski definition) is 6. The number of H-pyrrole nitrogens is 1. The minimum absolute atomic E-state index is 0.297. The highest BCUT2D eigenvalue weighted by molar-refractivity contribution is 5.74. The van der Waals surface area contributed by atoms with E-state index in [0.29, 0.717) is 23.7 Å². The molecular weight excluding hydrogens is 272 g/mol. The van der Waals surface area contributed by atoms with Crippen molar-refractivity contribution in [1.82, 2.24) is 19.9 Å². The SMILES string of the molecule is COc1ccc(OC)c(COc2ncnc3nc[nH]c23)c1. The number of aromatic nitrogens is 4. The monoisotopic (exact) mass is 286 g/mol. The third-order valence-corrected chi connectivity index (χ3v) is 3.04. The molecule has 1 N–H and O–H groups in total. The number of methoxy groups -OCH3 is 2. The molecule has 2 heterocycles. The zero-order chi connectivity index (χ0) is 14.7. The Kier molecular flexibility index (Phi) is 3.55. The Morgan fingerprint density at radius 3 is 2.81 bits per heavy atom. The predicted molar refractivity (Wildman–Crippen MR) is 75.6 cm³/mol. The van der Waals surface area contributed by atoms with Gasteiger partial charge in [-0.3, -0.25) is 0 Å². The van der Waals surface area contributed by atoms with E-state index >= 15 is 0 Å². The summed E-state index contributed by atoms with van der Waals surface area (Å²) in [5.41, 5.74) is 2.10. The average molecular weight is 286 g/mol. The average Bonchev–Trinajstić information content (AvgIpc) is 3.01. The standard InChI is InChI=1S/C14H14N4O3/c1-19-10-3-4-11(20-2)9(5-10)6-21-14-12-13(16-7-15-12)17-8-18-14/h3-5,7-8H,6H2,1-2H3,(H,15,16,17,18). The highest BCUT2D eigenvalue weighted by Crippen LogP contribution is 2.26. The van der Waals surface area contributed by atoms with Crippen molar-refractivity contribution in [3.8, 4) is 17.4 Å². The number of ether oxygens (including phenoxy) is 3. The van der Waals surface area contributed by atoms with Crippen LogP contribution in [0.5, 0.6) is 17.4 Å².